The summed E-state index contributed by atoms with van der Waals surface area (Å²) in [6.07, 6.45) is 5.83. The number of imidazole rings is 1. The number of piperidine rings is 1. The first-order chi connectivity index (χ1) is 7.84. The number of halogens is 1. The minimum Gasteiger partial charge on any atom is -0.317 e. The van der Waals surface area contributed by atoms with Crippen LogP contribution in [0.3, 0.4) is 0 Å². The van der Waals surface area contributed by atoms with Crippen LogP contribution in [-0.4, -0.2) is 27.6 Å². The highest BCUT2D eigenvalue weighted by atomic mass is 35.5. The van der Waals surface area contributed by atoms with Crippen molar-refractivity contribution in [1.82, 2.24) is 19.9 Å². The lowest BCUT2D eigenvalue weighted by Gasteiger charge is -2.23. The zero-order valence-corrected chi connectivity index (χ0v) is 9.61. The van der Waals surface area contributed by atoms with Crippen LogP contribution in [0.5, 0.6) is 0 Å². The van der Waals surface area contributed by atoms with Crippen LogP contribution < -0.4 is 5.32 Å². The molecular formula is C11H13ClN4. The van der Waals surface area contributed by atoms with E-state index in [1.165, 1.54) is 0 Å². The van der Waals surface area contributed by atoms with E-state index in [1.807, 2.05) is 12.4 Å². The van der Waals surface area contributed by atoms with Gasteiger partial charge < -0.3 is 9.88 Å². The predicted octanol–water partition coefficient (Wildman–Crippen LogP) is 2.01. The van der Waals surface area contributed by atoms with Crippen LogP contribution in [0, 0.1) is 0 Å². The van der Waals surface area contributed by atoms with Crippen LogP contribution in [0.2, 0.25) is 5.02 Å². The van der Waals surface area contributed by atoms with E-state index >= 15 is 0 Å². The third-order valence-electron chi connectivity index (χ3n) is 3.08. The molecule has 0 amide bonds. The molecule has 0 saturated carbocycles. The van der Waals surface area contributed by atoms with Crippen molar-refractivity contribution in [2.75, 3.05) is 13.1 Å². The maximum Gasteiger partial charge on any atom is 0.160 e. The smallest absolute Gasteiger partial charge is 0.160 e. The lowest BCUT2D eigenvalue weighted by molar-refractivity contribution is 0.373. The average molecular weight is 237 g/mol. The van der Waals surface area contributed by atoms with Gasteiger partial charge in [0.25, 0.3) is 0 Å². The Morgan fingerprint density at radius 1 is 1.31 bits per heavy atom. The van der Waals surface area contributed by atoms with E-state index in [4.69, 9.17) is 11.6 Å². The molecule has 0 unspecified atom stereocenters. The molecule has 1 N–H and O–H groups in total. The average Bonchev–Trinajstić information content (AvgIpc) is 2.73. The molecule has 3 heterocycles. The van der Waals surface area contributed by atoms with Crippen molar-refractivity contribution in [3.8, 4) is 0 Å². The number of rotatable bonds is 1. The zero-order valence-electron chi connectivity index (χ0n) is 8.86. The molecule has 0 aromatic carbocycles. The lowest BCUT2D eigenvalue weighted by atomic mass is 10.1. The molecule has 2 aromatic rings. The number of aromatic nitrogens is 3. The highest BCUT2D eigenvalue weighted by Gasteiger charge is 2.17. The molecule has 2 aromatic heterocycles. The summed E-state index contributed by atoms with van der Waals surface area (Å²) in [6.45, 7) is 2.13. The Bertz CT molecular complexity index is 502. The SMILES string of the molecule is Clc1cnc2c(c1)ncn2C1CCNCC1. The summed E-state index contributed by atoms with van der Waals surface area (Å²) in [5.74, 6) is 0. The van der Waals surface area contributed by atoms with Crippen molar-refractivity contribution in [2.45, 2.75) is 18.9 Å². The Morgan fingerprint density at radius 3 is 2.94 bits per heavy atom. The molecule has 0 aliphatic carbocycles. The number of hydrogen-bond donors (Lipinski definition) is 1. The Morgan fingerprint density at radius 2 is 2.12 bits per heavy atom. The van der Waals surface area contributed by atoms with Crippen LogP contribution in [0.15, 0.2) is 18.6 Å². The van der Waals surface area contributed by atoms with Gasteiger partial charge in [-0.1, -0.05) is 11.6 Å². The summed E-state index contributed by atoms with van der Waals surface area (Å²) in [7, 11) is 0. The minimum atomic E-state index is 0.514. The van der Waals surface area contributed by atoms with Gasteiger partial charge in [0, 0.05) is 12.2 Å². The zero-order chi connectivity index (χ0) is 11.0. The molecule has 0 bridgehead atoms. The van der Waals surface area contributed by atoms with E-state index in [-0.39, 0.29) is 0 Å². The number of fused-ring (bicyclic) bond motifs is 1. The summed E-state index contributed by atoms with van der Waals surface area (Å²) < 4.78 is 2.17. The van der Waals surface area contributed by atoms with Crippen LogP contribution in [0.1, 0.15) is 18.9 Å². The Labute approximate surface area is 98.6 Å². The first-order valence-corrected chi connectivity index (χ1v) is 5.91. The highest BCUT2D eigenvalue weighted by molar-refractivity contribution is 6.31. The Balaban J connectivity index is 2.03. The van der Waals surface area contributed by atoms with Gasteiger partial charge in [-0.15, -0.1) is 0 Å². The van der Waals surface area contributed by atoms with Crippen molar-refractivity contribution in [2.24, 2.45) is 0 Å². The molecule has 1 aliphatic rings. The van der Waals surface area contributed by atoms with Crippen molar-refractivity contribution in [3.05, 3.63) is 23.6 Å². The summed E-state index contributed by atoms with van der Waals surface area (Å²) in [4.78, 5) is 8.71. The van der Waals surface area contributed by atoms with Crippen molar-refractivity contribution in [1.29, 1.82) is 0 Å². The van der Waals surface area contributed by atoms with Gasteiger partial charge in [0.05, 0.1) is 11.3 Å². The maximum atomic E-state index is 5.89. The number of nitrogens with zero attached hydrogens (tertiary/aromatic N) is 3. The van der Waals surface area contributed by atoms with E-state index in [9.17, 15) is 0 Å². The molecule has 4 nitrogen and oxygen atoms in total. The molecule has 1 fully saturated rings. The topological polar surface area (TPSA) is 42.7 Å². The maximum absolute atomic E-state index is 5.89. The fourth-order valence-electron chi connectivity index (χ4n) is 2.25. The van der Waals surface area contributed by atoms with Crippen LogP contribution >= 0.6 is 11.6 Å². The van der Waals surface area contributed by atoms with Crippen LogP contribution in [0.25, 0.3) is 11.2 Å². The largest absolute Gasteiger partial charge is 0.317 e. The van der Waals surface area contributed by atoms with E-state index in [0.29, 0.717) is 11.1 Å². The van der Waals surface area contributed by atoms with Crippen LogP contribution in [-0.2, 0) is 0 Å². The van der Waals surface area contributed by atoms with Gasteiger partial charge in [-0.3, -0.25) is 0 Å². The second-order valence-electron chi connectivity index (χ2n) is 4.13. The third-order valence-corrected chi connectivity index (χ3v) is 3.29. The first kappa shape index (κ1) is 10.1. The van der Waals surface area contributed by atoms with Gasteiger partial charge in [-0.05, 0) is 32.0 Å². The molecule has 5 heteroatoms. The molecule has 16 heavy (non-hydrogen) atoms. The first-order valence-electron chi connectivity index (χ1n) is 5.53. The quantitative estimate of drug-likeness (QED) is 0.824. The summed E-state index contributed by atoms with van der Waals surface area (Å²) in [5.41, 5.74) is 1.82. The summed E-state index contributed by atoms with van der Waals surface area (Å²) in [5, 5.41) is 4.00. The van der Waals surface area contributed by atoms with E-state index in [2.05, 4.69) is 19.9 Å². The van der Waals surface area contributed by atoms with Gasteiger partial charge in [0.2, 0.25) is 0 Å². The number of hydrogen-bond acceptors (Lipinski definition) is 3. The second-order valence-corrected chi connectivity index (χ2v) is 4.57. The van der Waals surface area contributed by atoms with Crippen LogP contribution in [0.4, 0.5) is 0 Å². The van der Waals surface area contributed by atoms with Gasteiger partial charge >= 0.3 is 0 Å². The molecule has 0 radical (unpaired) electrons. The van der Waals surface area contributed by atoms with Crippen molar-refractivity contribution in [3.63, 3.8) is 0 Å². The van der Waals surface area contributed by atoms with Gasteiger partial charge in [0.15, 0.2) is 5.65 Å². The molecule has 84 valence electrons. The monoisotopic (exact) mass is 236 g/mol. The standard InChI is InChI=1S/C11H13ClN4/c12-8-5-10-11(14-6-8)16(7-15-10)9-1-3-13-4-2-9/h5-7,9,13H,1-4H2. The normalized spacial score (nSPS) is 18.1. The fourth-order valence-corrected chi connectivity index (χ4v) is 2.40. The third kappa shape index (κ3) is 1.68. The van der Waals surface area contributed by atoms with Gasteiger partial charge in [-0.25, -0.2) is 9.97 Å². The lowest BCUT2D eigenvalue weighted by Crippen LogP contribution is -2.29. The van der Waals surface area contributed by atoms with E-state index in [0.717, 1.165) is 37.1 Å². The van der Waals surface area contributed by atoms with Gasteiger partial charge in [-0.2, -0.15) is 0 Å². The highest BCUT2D eigenvalue weighted by Crippen LogP contribution is 2.23. The van der Waals surface area contributed by atoms with Crippen molar-refractivity contribution >= 4 is 22.8 Å². The Hall–Kier alpha value is -1.13. The number of nitrogens with one attached hydrogen (secondary N) is 1. The molecule has 1 aliphatic heterocycles. The molecule has 0 spiro atoms. The molecule has 1 saturated heterocycles. The predicted molar refractivity (Wildman–Crippen MR) is 63.7 cm³/mol. The van der Waals surface area contributed by atoms with Crippen molar-refractivity contribution < 1.29 is 0 Å². The van der Waals surface area contributed by atoms with E-state index in [1.54, 1.807) is 6.20 Å². The molecule has 3 rings (SSSR count). The fraction of sp³-hybridized carbons (Fsp3) is 0.455. The number of pyridine rings is 1. The summed E-state index contributed by atoms with van der Waals surface area (Å²) >= 11 is 5.89. The minimum absolute atomic E-state index is 0.514. The molecule has 0 atom stereocenters. The van der Waals surface area contributed by atoms with E-state index < -0.39 is 0 Å². The summed E-state index contributed by atoms with van der Waals surface area (Å²) in [6, 6.07) is 2.38. The molecular weight excluding hydrogens is 224 g/mol. The second kappa shape index (κ2) is 4.03. The Kier molecular flexibility index (Phi) is 2.53. The van der Waals surface area contributed by atoms with Gasteiger partial charge in [0.1, 0.15) is 5.52 Å².